The highest BCUT2D eigenvalue weighted by molar-refractivity contribution is 5.71. The molecule has 72 valence electrons. The Hall–Kier alpha value is -0.570. The zero-order chi connectivity index (χ0) is 9.00. The molecule has 3 heteroatoms. The van der Waals surface area contributed by atoms with Gasteiger partial charge in [-0.1, -0.05) is 0 Å². The van der Waals surface area contributed by atoms with E-state index in [4.69, 9.17) is 5.11 Å². The van der Waals surface area contributed by atoms with Gasteiger partial charge in [0.25, 0.3) is 0 Å². The molecule has 2 bridgehead atoms. The molecule has 13 heavy (non-hydrogen) atoms. The van der Waals surface area contributed by atoms with Gasteiger partial charge in [0, 0.05) is 18.1 Å². The molecule has 3 fully saturated rings. The predicted molar refractivity (Wildman–Crippen MR) is 47.4 cm³/mol. The van der Waals surface area contributed by atoms with Gasteiger partial charge in [0.05, 0.1) is 5.92 Å². The van der Waals surface area contributed by atoms with E-state index in [2.05, 4.69) is 4.90 Å². The topological polar surface area (TPSA) is 40.5 Å². The van der Waals surface area contributed by atoms with Crippen LogP contribution in [0.2, 0.25) is 0 Å². The highest BCUT2D eigenvalue weighted by atomic mass is 16.4. The predicted octanol–water partition coefficient (Wildman–Crippen LogP) is 1.09. The van der Waals surface area contributed by atoms with Crippen LogP contribution < -0.4 is 0 Å². The Bertz CT molecular complexity index is 249. The summed E-state index contributed by atoms with van der Waals surface area (Å²) in [6.45, 7) is 0. The van der Waals surface area contributed by atoms with Crippen molar-refractivity contribution in [2.45, 2.75) is 50.2 Å². The molecular weight excluding hydrogens is 166 g/mol. The third-order valence-electron chi connectivity index (χ3n) is 3.88. The van der Waals surface area contributed by atoms with E-state index in [1.165, 1.54) is 19.3 Å². The second kappa shape index (κ2) is 2.47. The lowest BCUT2D eigenvalue weighted by Crippen LogP contribution is -2.34. The smallest absolute Gasteiger partial charge is 0.308 e. The molecule has 3 aliphatic rings. The van der Waals surface area contributed by atoms with Crippen molar-refractivity contribution in [3.05, 3.63) is 0 Å². The number of hydrogen-bond donors (Lipinski definition) is 1. The number of carbonyl (C=O) groups is 1. The Morgan fingerprint density at radius 1 is 1.15 bits per heavy atom. The van der Waals surface area contributed by atoms with Crippen molar-refractivity contribution in [3.8, 4) is 0 Å². The highest BCUT2D eigenvalue weighted by Crippen LogP contribution is 2.47. The number of aliphatic carboxylic acids is 1. The summed E-state index contributed by atoms with van der Waals surface area (Å²) < 4.78 is 0. The fourth-order valence-electron chi connectivity index (χ4n) is 3.24. The molecule has 3 rings (SSSR count). The molecule has 3 unspecified atom stereocenters. The molecule has 3 nitrogen and oxygen atoms in total. The third-order valence-corrected chi connectivity index (χ3v) is 3.88. The lowest BCUT2D eigenvalue weighted by molar-refractivity contribution is -0.142. The van der Waals surface area contributed by atoms with Crippen LogP contribution in [0.1, 0.15) is 32.1 Å². The van der Waals surface area contributed by atoms with Crippen molar-refractivity contribution in [2.24, 2.45) is 5.92 Å². The number of carboxylic acid groups (broad SMARTS) is 1. The van der Waals surface area contributed by atoms with Crippen molar-refractivity contribution in [2.75, 3.05) is 0 Å². The van der Waals surface area contributed by atoms with Gasteiger partial charge in [-0.25, -0.2) is 0 Å². The first-order chi connectivity index (χ1) is 6.27. The Labute approximate surface area is 77.7 Å². The first-order valence-corrected chi connectivity index (χ1v) is 5.27. The quantitative estimate of drug-likeness (QED) is 0.693. The maximum Gasteiger partial charge on any atom is 0.308 e. The number of carboxylic acids is 1. The van der Waals surface area contributed by atoms with E-state index in [0.29, 0.717) is 12.1 Å². The molecule has 2 heterocycles. The maximum atomic E-state index is 11.0. The van der Waals surface area contributed by atoms with Gasteiger partial charge >= 0.3 is 5.97 Å². The number of nitrogens with zero attached hydrogens (tertiary/aromatic N) is 1. The lowest BCUT2D eigenvalue weighted by atomic mass is 9.89. The van der Waals surface area contributed by atoms with Crippen molar-refractivity contribution >= 4 is 5.97 Å². The molecule has 0 aromatic heterocycles. The van der Waals surface area contributed by atoms with Crippen molar-refractivity contribution in [1.29, 1.82) is 0 Å². The van der Waals surface area contributed by atoms with Crippen LogP contribution in [0.5, 0.6) is 0 Å². The van der Waals surface area contributed by atoms with Crippen LogP contribution in [0.15, 0.2) is 0 Å². The van der Waals surface area contributed by atoms with Gasteiger partial charge in [-0.15, -0.1) is 0 Å². The molecule has 2 aliphatic heterocycles. The summed E-state index contributed by atoms with van der Waals surface area (Å²) in [5, 5.41) is 9.03. The van der Waals surface area contributed by atoms with E-state index >= 15 is 0 Å². The van der Waals surface area contributed by atoms with E-state index in [1.54, 1.807) is 0 Å². The molecule has 1 aliphatic carbocycles. The van der Waals surface area contributed by atoms with Crippen LogP contribution in [0.4, 0.5) is 0 Å². The second-order valence-corrected chi connectivity index (χ2v) is 4.66. The van der Waals surface area contributed by atoms with Gasteiger partial charge in [-0.2, -0.15) is 0 Å². The summed E-state index contributed by atoms with van der Waals surface area (Å²) in [6.07, 6.45) is 5.89. The molecule has 1 saturated carbocycles. The van der Waals surface area contributed by atoms with Gasteiger partial charge in [0.15, 0.2) is 0 Å². The van der Waals surface area contributed by atoms with E-state index in [1.807, 2.05) is 0 Å². The minimum Gasteiger partial charge on any atom is -0.481 e. The highest BCUT2D eigenvalue weighted by Gasteiger charge is 2.53. The summed E-state index contributed by atoms with van der Waals surface area (Å²) in [6, 6.07) is 1.75. The monoisotopic (exact) mass is 181 g/mol. The minimum absolute atomic E-state index is 0.0562. The fraction of sp³-hybridized carbons (Fsp3) is 0.900. The minimum atomic E-state index is -0.571. The number of hydrogen-bond acceptors (Lipinski definition) is 2. The van der Waals surface area contributed by atoms with E-state index in [-0.39, 0.29) is 5.92 Å². The molecular formula is C10H15NO2. The Kier molecular flexibility index (Phi) is 1.48. The van der Waals surface area contributed by atoms with Crippen LogP contribution in [0.25, 0.3) is 0 Å². The van der Waals surface area contributed by atoms with E-state index in [0.717, 1.165) is 18.9 Å². The molecule has 3 atom stereocenters. The first-order valence-electron chi connectivity index (χ1n) is 5.27. The average Bonchev–Trinajstić information content (AvgIpc) is 2.79. The molecule has 0 aromatic rings. The first kappa shape index (κ1) is 7.80. The number of fused-ring (bicyclic) bond motifs is 2. The summed E-state index contributed by atoms with van der Waals surface area (Å²) in [7, 11) is 0. The normalized spacial score (nSPS) is 44.2. The molecule has 0 aromatic carbocycles. The van der Waals surface area contributed by atoms with Crippen LogP contribution in [0.3, 0.4) is 0 Å². The Morgan fingerprint density at radius 2 is 1.85 bits per heavy atom. The third kappa shape index (κ3) is 1.03. The zero-order valence-corrected chi connectivity index (χ0v) is 7.65. The van der Waals surface area contributed by atoms with E-state index < -0.39 is 5.97 Å². The van der Waals surface area contributed by atoms with Gasteiger partial charge in [-0.05, 0) is 32.1 Å². The standard InChI is InChI=1S/C10H15NO2/c12-10(13)8-5-7-3-4-9(8)11(7)6-1-2-6/h6-9H,1-5H2,(H,12,13). The zero-order valence-electron chi connectivity index (χ0n) is 7.65. The summed E-state index contributed by atoms with van der Waals surface area (Å²) in [4.78, 5) is 13.5. The summed E-state index contributed by atoms with van der Waals surface area (Å²) in [5.41, 5.74) is 0. The molecule has 0 radical (unpaired) electrons. The van der Waals surface area contributed by atoms with Crippen LogP contribution in [0, 0.1) is 5.92 Å². The van der Waals surface area contributed by atoms with Gasteiger partial charge in [-0.3, -0.25) is 9.69 Å². The maximum absolute atomic E-state index is 11.0. The Morgan fingerprint density at radius 3 is 2.38 bits per heavy atom. The van der Waals surface area contributed by atoms with Crippen molar-refractivity contribution < 1.29 is 9.90 Å². The van der Waals surface area contributed by atoms with Gasteiger partial charge in [0.2, 0.25) is 0 Å². The largest absolute Gasteiger partial charge is 0.481 e. The van der Waals surface area contributed by atoms with Crippen molar-refractivity contribution in [1.82, 2.24) is 4.90 Å². The molecule has 2 saturated heterocycles. The summed E-state index contributed by atoms with van der Waals surface area (Å²) in [5.74, 6) is -0.628. The van der Waals surface area contributed by atoms with Crippen molar-refractivity contribution in [3.63, 3.8) is 0 Å². The molecule has 0 spiro atoms. The van der Waals surface area contributed by atoms with Gasteiger partial charge in [0.1, 0.15) is 0 Å². The second-order valence-electron chi connectivity index (χ2n) is 4.66. The van der Waals surface area contributed by atoms with Crippen LogP contribution in [-0.2, 0) is 4.79 Å². The van der Waals surface area contributed by atoms with E-state index in [9.17, 15) is 4.79 Å². The van der Waals surface area contributed by atoms with Crippen LogP contribution >= 0.6 is 0 Å². The fourth-order valence-corrected chi connectivity index (χ4v) is 3.24. The number of rotatable bonds is 2. The molecule has 1 N–H and O–H groups in total. The average molecular weight is 181 g/mol. The molecule has 0 amide bonds. The lowest BCUT2D eigenvalue weighted by Gasteiger charge is -2.21. The van der Waals surface area contributed by atoms with Gasteiger partial charge < -0.3 is 5.11 Å². The summed E-state index contributed by atoms with van der Waals surface area (Å²) >= 11 is 0. The SMILES string of the molecule is O=C(O)C1CC2CCC1N2C1CC1. The Balaban J connectivity index is 1.81. The van der Waals surface area contributed by atoms with Crippen LogP contribution in [-0.4, -0.2) is 34.1 Å².